The van der Waals surface area contributed by atoms with Gasteiger partial charge in [0, 0.05) is 5.39 Å². The van der Waals surface area contributed by atoms with Crippen LogP contribution in [0.3, 0.4) is 0 Å². The highest BCUT2D eigenvalue weighted by molar-refractivity contribution is 6.01. The Labute approximate surface area is 139 Å². The molecular weight excluding hydrogens is 304 g/mol. The lowest BCUT2D eigenvalue weighted by molar-refractivity contribution is 0.0695. The lowest BCUT2D eigenvalue weighted by atomic mass is 9.96. The quantitative estimate of drug-likeness (QED) is 0.731. The van der Waals surface area contributed by atoms with Crippen molar-refractivity contribution < 1.29 is 19.7 Å². The Balaban J connectivity index is 2.01. The second kappa shape index (κ2) is 6.62. The number of phenolic OH excluding ortho intramolecular Hbond substituents is 1. The summed E-state index contributed by atoms with van der Waals surface area (Å²) < 4.78 is 5.81. The summed E-state index contributed by atoms with van der Waals surface area (Å²) in [7, 11) is 0. The molecule has 0 aliphatic carbocycles. The van der Waals surface area contributed by atoms with Crippen LogP contribution >= 0.6 is 0 Å². The molecule has 3 aromatic rings. The Kier molecular flexibility index (Phi) is 4.38. The van der Waals surface area contributed by atoms with E-state index in [1.807, 2.05) is 37.3 Å². The summed E-state index contributed by atoms with van der Waals surface area (Å²) >= 11 is 0. The number of carbonyl (C=O) groups is 1. The molecule has 0 aliphatic rings. The molecule has 24 heavy (non-hydrogen) atoms. The first-order chi connectivity index (χ1) is 11.6. The van der Waals surface area contributed by atoms with Crippen LogP contribution in [0.1, 0.15) is 28.4 Å². The summed E-state index contributed by atoms with van der Waals surface area (Å²) in [6, 6.07) is 16.5. The van der Waals surface area contributed by atoms with Gasteiger partial charge < -0.3 is 14.9 Å². The standard InChI is InChI=1S/C20H18O4/c1-2-15-17-10-14(24-12-13-6-4-3-5-7-13)8-9-16(17)19(21)11-18(15)20(22)23/h3-11,21H,2,12H2,1H3,(H,22,23). The first-order valence-corrected chi connectivity index (χ1v) is 7.78. The molecular formula is C20H18O4. The summed E-state index contributed by atoms with van der Waals surface area (Å²) in [6.07, 6.45) is 0.556. The third-order valence-electron chi connectivity index (χ3n) is 4.03. The minimum Gasteiger partial charge on any atom is -0.507 e. The lowest BCUT2D eigenvalue weighted by Crippen LogP contribution is -2.03. The third kappa shape index (κ3) is 3.04. The van der Waals surface area contributed by atoms with Crippen molar-refractivity contribution in [1.82, 2.24) is 0 Å². The van der Waals surface area contributed by atoms with Gasteiger partial charge in [-0.3, -0.25) is 0 Å². The van der Waals surface area contributed by atoms with Crippen molar-refractivity contribution in [1.29, 1.82) is 0 Å². The van der Waals surface area contributed by atoms with Crippen LogP contribution in [0.2, 0.25) is 0 Å². The number of rotatable bonds is 5. The number of ether oxygens (including phenoxy) is 1. The molecule has 3 aromatic carbocycles. The summed E-state index contributed by atoms with van der Waals surface area (Å²) in [5.74, 6) is -0.433. The molecule has 0 radical (unpaired) electrons. The van der Waals surface area contributed by atoms with Crippen LogP contribution in [0.25, 0.3) is 10.8 Å². The van der Waals surface area contributed by atoms with E-state index in [9.17, 15) is 15.0 Å². The molecule has 0 aromatic heterocycles. The van der Waals surface area contributed by atoms with Gasteiger partial charge in [-0.1, -0.05) is 37.3 Å². The molecule has 0 bridgehead atoms. The largest absolute Gasteiger partial charge is 0.507 e. The van der Waals surface area contributed by atoms with E-state index in [1.54, 1.807) is 18.2 Å². The topological polar surface area (TPSA) is 66.8 Å². The van der Waals surface area contributed by atoms with Gasteiger partial charge in [-0.15, -0.1) is 0 Å². The van der Waals surface area contributed by atoms with E-state index < -0.39 is 5.97 Å². The number of aryl methyl sites for hydroxylation is 1. The van der Waals surface area contributed by atoms with Gasteiger partial charge in [0.1, 0.15) is 18.1 Å². The number of hydrogen-bond acceptors (Lipinski definition) is 3. The summed E-state index contributed by atoms with van der Waals surface area (Å²) in [5, 5.41) is 20.8. The van der Waals surface area contributed by atoms with Gasteiger partial charge in [0.25, 0.3) is 0 Å². The third-order valence-corrected chi connectivity index (χ3v) is 4.03. The van der Waals surface area contributed by atoms with Crippen LogP contribution < -0.4 is 4.74 Å². The Morgan fingerprint density at radius 3 is 2.46 bits per heavy atom. The highest BCUT2D eigenvalue weighted by Crippen LogP contribution is 2.34. The Morgan fingerprint density at radius 2 is 1.79 bits per heavy atom. The minimum atomic E-state index is -1.04. The first-order valence-electron chi connectivity index (χ1n) is 7.78. The van der Waals surface area contributed by atoms with Crippen molar-refractivity contribution in [2.45, 2.75) is 20.0 Å². The van der Waals surface area contributed by atoms with Crippen LogP contribution in [-0.4, -0.2) is 16.2 Å². The first kappa shape index (κ1) is 15.9. The van der Waals surface area contributed by atoms with Gasteiger partial charge in [-0.05, 0) is 47.2 Å². The van der Waals surface area contributed by atoms with E-state index in [0.717, 1.165) is 5.56 Å². The molecule has 122 valence electrons. The SMILES string of the molecule is CCc1c(C(=O)O)cc(O)c2ccc(OCc3ccccc3)cc12. The molecule has 0 spiro atoms. The molecule has 0 heterocycles. The average Bonchev–Trinajstić information content (AvgIpc) is 2.60. The predicted molar refractivity (Wildman–Crippen MR) is 92.7 cm³/mol. The molecule has 0 amide bonds. The molecule has 3 rings (SSSR count). The van der Waals surface area contributed by atoms with E-state index >= 15 is 0 Å². The van der Waals surface area contributed by atoms with Crippen LogP contribution in [0.5, 0.6) is 11.5 Å². The number of aromatic hydroxyl groups is 1. The molecule has 4 nitrogen and oxygen atoms in total. The summed E-state index contributed by atoms with van der Waals surface area (Å²) in [4.78, 5) is 11.4. The lowest BCUT2D eigenvalue weighted by Gasteiger charge is -2.13. The van der Waals surface area contributed by atoms with E-state index in [1.165, 1.54) is 6.07 Å². The Hall–Kier alpha value is -3.01. The smallest absolute Gasteiger partial charge is 0.336 e. The minimum absolute atomic E-state index is 0.0331. The highest BCUT2D eigenvalue weighted by Gasteiger charge is 2.16. The Bertz CT molecular complexity index is 885. The van der Waals surface area contributed by atoms with Gasteiger partial charge in [-0.25, -0.2) is 4.79 Å². The predicted octanol–water partition coefficient (Wildman–Crippen LogP) is 4.39. The highest BCUT2D eigenvalue weighted by atomic mass is 16.5. The van der Waals surface area contributed by atoms with Crippen LogP contribution in [0.15, 0.2) is 54.6 Å². The summed E-state index contributed by atoms with van der Waals surface area (Å²) in [5.41, 5.74) is 1.87. The van der Waals surface area contributed by atoms with Gasteiger partial charge in [0.2, 0.25) is 0 Å². The Morgan fingerprint density at radius 1 is 1.04 bits per heavy atom. The van der Waals surface area contributed by atoms with Crippen molar-refractivity contribution in [2.75, 3.05) is 0 Å². The number of carboxylic acid groups (broad SMARTS) is 1. The van der Waals surface area contributed by atoms with E-state index in [2.05, 4.69) is 0 Å². The fraction of sp³-hybridized carbons (Fsp3) is 0.150. The maximum absolute atomic E-state index is 11.4. The fourth-order valence-corrected chi connectivity index (χ4v) is 2.85. The van der Waals surface area contributed by atoms with Crippen LogP contribution in [-0.2, 0) is 13.0 Å². The zero-order valence-electron chi connectivity index (χ0n) is 13.3. The van der Waals surface area contributed by atoms with E-state index in [-0.39, 0.29) is 11.3 Å². The number of carboxylic acids is 1. The van der Waals surface area contributed by atoms with Crippen molar-refractivity contribution in [3.8, 4) is 11.5 Å². The average molecular weight is 322 g/mol. The normalized spacial score (nSPS) is 10.7. The number of fused-ring (bicyclic) bond motifs is 1. The van der Waals surface area contributed by atoms with Gasteiger partial charge in [-0.2, -0.15) is 0 Å². The van der Waals surface area contributed by atoms with E-state index in [0.29, 0.717) is 35.1 Å². The van der Waals surface area contributed by atoms with Gasteiger partial charge in [0.15, 0.2) is 0 Å². The monoisotopic (exact) mass is 322 g/mol. The zero-order chi connectivity index (χ0) is 17.1. The van der Waals surface area contributed by atoms with Gasteiger partial charge >= 0.3 is 5.97 Å². The molecule has 2 N–H and O–H groups in total. The molecule has 0 saturated heterocycles. The van der Waals surface area contributed by atoms with Gasteiger partial charge in [0.05, 0.1) is 5.56 Å². The second-order valence-electron chi connectivity index (χ2n) is 5.56. The molecule has 0 atom stereocenters. The number of hydrogen-bond donors (Lipinski definition) is 2. The van der Waals surface area contributed by atoms with Crippen molar-refractivity contribution >= 4 is 16.7 Å². The van der Waals surface area contributed by atoms with E-state index in [4.69, 9.17) is 4.74 Å². The zero-order valence-corrected chi connectivity index (χ0v) is 13.3. The molecule has 0 saturated carbocycles. The second-order valence-corrected chi connectivity index (χ2v) is 5.56. The van der Waals surface area contributed by atoms with Crippen LogP contribution in [0.4, 0.5) is 0 Å². The van der Waals surface area contributed by atoms with Crippen molar-refractivity contribution in [3.05, 3.63) is 71.3 Å². The molecule has 0 fully saturated rings. The van der Waals surface area contributed by atoms with Crippen molar-refractivity contribution in [2.24, 2.45) is 0 Å². The molecule has 4 heteroatoms. The molecule has 0 unspecified atom stereocenters. The van der Waals surface area contributed by atoms with Crippen LogP contribution in [0, 0.1) is 0 Å². The number of aromatic carboxylic acids is 1. The number of benzene rings is 3. The maximum Gasteiger partial charge on any atom is 0.336 e. The fourth-order valence-electron chi connectivity index (χ4n) is 2.85. The van der Waals surface area contributed by atoms with Crippen molar-refractivity contribution in [3.63, 3.8) is 0 Å². The summed E-state index contributed by atoms with van der Waals surface area (Å²) in [6.45, 7) is 2.33. The molecule has 0 aliphatic heterocycles. The number of phenols is 1. The maximum atomic E-state index is 11.4.